The van der Waals surface area contributed by atoms with Gasteiger partial charge in [-0.05, 0) is 46.0 Å². The summed E-state index contributed by atoms with van der Waals surface area (Å²) in [4.78, 5) is 34.6. The number of nitrogens with zero attached hydrogens (tertiary/aromatic N) is 6. The van der Waals surface area contributed by atoms with Crippen molar-refractivity contribution < 1.29 is 27.4 Å². The molecule has 14 heteroatoms. The van der Waals surface area contributed by atoms with E-state index in [2.05, 4.69) is 53.9 Å². The number of aryl methyl sites for hydroxylation is 1. The van der Waals surface area contributed by atoms with E-state index in [0.717, 1.165) is 38.1 Å². The molecule has 0 atom stereocenters. The largest absolute Gasteiger partial charge is 0.573 e. The first-order valence-corrected chi connectivity index (χ1v) is 11.8. The molecule has 1 aromatic carbocycles. The first-order chi connectivity index (χ1) is 17.5. The Labute approximate surface area is 215 Å². The van der Waals surface area contributed by atoms with Crippen LogP contribution in [-0.4, -0.2) is 76.9 Å². The van der Waals surface area contributed by atoms with E-state index in [1.165, 1.54) is 12.3 Å². The Hall–Kier alpha value is -3.45. The molecule has 10 nitrogen and oxygen atoms in total. The van der Waals surface area contributed by atoms with Gasteiger partial charge in [-0.1, -0.05) is 11.6 Å². The fourth-order valence-electron chi connectivity index (χ4n) is 3.93. The minimum Gasteiger partial charge on any atom is -0.482 e. The molecule has 0 aliphatic carbocycles. The molecule has 1 amide bonds. The van der Waals surface area contributed by atoms with E-state index < -0.39 is 24.6 Å². The lowest BCUT2D eigenvalue weighted by Gasteiger charge is -2.35. The number of carbonyl (C=O) groups is 1. The number of hydrogen-bond acceptors (Lipinski definition) is 9. The maximum Gasteiger partial charge on any atom is 0.573 e. The molecule has 1 aliphatic heterocycles. The highest BCUT2D eigenvalue weighted by atomic mass is 35.5. The van der Waals surface area contributed by atoms with Gasteiger partial charge in [-0.15, -0.1) is 13.2 Å². The van der Waals surface area contributed by atoms with E-state index in [4.69, 9.17) is 16.3 Å². The molecule has 0 unspecified atom stereocenters. The molecule has 1 aliphatic rings. The smallest absolute Gasteiger partial charge is 0.482 e. The third-order valence-electron chi connectivity index (χ3n) is 5.81. The third-order valence-corrected chi connectivity index (χ3v) is 6.11. The first kappa shape index (κ1) is 26.6. The number of fused-ring (bicyclic) bond motifs is 1. The van der Waals surface area contributed by atoms with Crippen molar-refractivity contribution in [2.45, 2.75) is 32.2 Å². The van der Waals surface area contributed by atoms with Crippen molar-refractivity contribution in [3.8, 4) is 11.5 Å². The second-order valence-electron chi connectivity index (χ2n) is 8.70. The van der Waals surface area contributed by atoms with Gasteiger partial charge in [0.2, 0.25) is 5.95 Å². The summed E-state index contributed by atoms with van der Waals surface area (Å²) in [7, 11) is 4.16. The van der Waals surface area contributed by atoms with Crippen molar-refractivity contribution in [3.63, 3.8) is 0 Å². The summed E-state index contributed by atoms with van der Waals surface area (Å²) in [6.07, 6.45) is -1.43. The number of aromatic nitrogens is 4. The van der Waals surface area contributed by atoms with E-state index in [-0.39, 0.29) is 16.6 Å². The Kier molecular flexibility index (Phi) is 7.83. The van der Waals surface area contributed by atoms with Crippen molar-refractivity contribution in [1.29, 1.82) is 0 Å². The SMILES string of the molecule is Cc1nc(N2CCC(N(C)C)CC2)nc2ncc(NC(=O)COc3ccc(OC(F)(F)F)cc3Cl)nc12. The zero-order valence-corrected chi connectivity index (χ0v) is 21.1. The van der Waals surface area contributed by atoms with Crippen molar-refractivity contribution in [1.82, 2.24) is 24.8 Å². The van der Waals surface area contributed by atoms with Crippen LogP contribution < -0.4 is 19.7 Å². The van der Waals surface area contributed by atoms with Crippen LogP contribution in [0.5, 0.6) is 11.5 Å². The number of hydrogen-bond donors (Lipinski definition) is 1. The molecule has 1 fully saturated rings. The number of benzene rings is 1. The highest BCUT2D eigenvalue weighted by Gasteiger charge is 2.31. The number of carbonyl (C=O) groups excluding carboxylic acids is 1. The Morgan fingerprint density at radius 1 is 1.22 bits per heavy atom. The molecule has 3 aromatic rings. The Morgan fingerprint density at radius 3 is 2.59 bits per heavy atom. The van der Waals surface area contributed by atoms with Crippen LogP contribution in [0.25, 0.3) is 11.2 Å². The lowest BCUT2D eigenvalue weighted by molar-refractivity contribution is -0.274. The van der Waals surface area contributed by atoms with Crippen LogP contribution in [0.2, 0.25) is 5.02 Å². The van der Waals surface area contributed by atoms with E-state index >= 15 is 0 Å². The third kappa shape index (κ3) is 6.86. The molecule has 0 saturated carbocycles. The molecule has 0 spiro atoms. The number of amides is 1. The highest BCUT2D eigenvalue weighted by Crippen LogP contribution is 2.31. The molecule has 1 N–H and O–H groups in total. The van der Waals surface area contributed by atoms with Crippen molar-refractivity contribution >= 4 is 40.4 Å². The Morgan fingerprint density at radius 2 is 1.95 bits per heavy atom. The van der Waals surface area contributed by atoms with Crippen LogP contribution in [0.3, 0.4) is 0 Å². The number of halogens is 4. The summed E-state index contributed by atoms with van der Waals surface area (Å²) < 4.78 is 46.1. The fourth-order valence-corrected chi connectivity index (χ4v) is 4.16. The topological polar surface area (TPSA) is 106 Å². The van der Waals surface area contributed by atoms with Gasteiger partial charge in [-0.3, -0.25) is 4.79 Å². The summed E-state index contributed by atoms with van der Waals surface area (Å²) in [5, 5.41) is 2.42. The van der Waals surface area contributed by atoms with Gasteiger partial charge in [-0.25, -0.2) is 15.0 Å². The second-order valence-corrected chi connectivity index (χ2v) is 9.10. The van der Waals surface area contributed by atoms with Gasteiger partial charge in [0, 0.05) is 25.2 Å². The average molecular weight is 540 g/mol. The number of anilines is 2. The van der Waals surface area contributed by atoms with Crippen molar-refractivity contribution in [2.75, 3.05) is 44.0 Å². The number of ether oxygens (including phenoxy) is 2. The summed E-state index contributed by atoms with van der Waals surface area (Å²) in [6, 6.07) is 3.68. The molecule has 198 valence electrons. The van der Waals surface area contributed by atoms with Gasteiger partial charge in [0.1, 0.15) is 17.0 Å². The number of rotatable bonds is 7. The molecular formula is C23H25ClF3N7O3. The normalized spacial score (nSPS) is 14.8. The Bertz CT molecular complexity index is 1280. The van der Waals surface area contributed by atoms with Crippen LogP contribution in [0.4, 0.5) is 24.9 Å². The highest BCUT2D eigenvalue weighted by molar-refractivity contribution is 6.32. The number of piperidine rings is 1. The van der Waals surface area contributed by atoms with Crippen molar-refractivity contribution in [2.24, 2.45) is 0 Å². The number of alkyl halides is 3. The number of nitrogens with one attached hydrogen (secondary N) is 1. The van der Waals surface area contributed by atoms with Crippen LogP contribution in [0, 0.1) is 6.92 Å². The standard InChI is InChI=1S/C23H25ClF3N7O3/c1-13-20-21(32-22(29-13)34-8-6-14(7-9-34)33(2)3)28-11-18(31-20)30-19(35)12-36-17-5-4-15(10-16(17)24)37-23(25,26)27/h4-5,10-11,14H,6-9,12H2,1-3H3,(H,30,31,35). The maximum atomic E-state index is 12.3. The van der Waals surface area contributed by atoms with Gasteiger partial charge in [0.25, 0.3) is 5.91 Å². The molecule has 0 bridgehead atoms. The Balaban J connectivity index is 1.38. The minimum absolute atomic E-state index is 0.0160. The zero-order valence-electron chi connectivity index (χ0n) is 20.3. The summed E-state index contributed by atoms with van der Waals surface area (Å²) in [6.45, 7) is 3.03. The van der Waals surface area contributed by atoms with Gasteiger partial charge in [0.05, 0.1) is 16.9 Å². The van der Waals surface area contributed by atoms with Crippen LogP contribution in [0.1, 0.15) is 18.5 Å². The van der Waals surface area contributed by atoms with Crippen LogP contribution in [0.15, 0.2) is 24.4 Å². The molecule has 0 radical (unpaired) electrons. The zero-order chi connectivity index (χ0) is 26.7. The lowest BCUT2D eigenvalue weighted by atomic mass is 10.0. The molecule has 4 rings (SSSR count). The fraction of sp³-hybridized carbons (Fsp3) is 0.435. The molecule has 37 heavy (non-hydrogen) atoms. The maximum absolute atomic E-state index is 12.3. The predicted molar refractivity (Wildman–Crippen MR) is 131 cm³/mol. The minimum atomic E-state index is -4.85. The summed E-state index contributed by atoms with van der Waals surface area (Å²) in [5.41, 5.74) is 1.50. The summed E-state index contributed by atoms with van der Waals surface area (Å²) >= 11 is 5.93. The van der Waals surface area contributed by atoms with Crippen LogP contribution >= 0.6 is 11.6 Å². The average Bonchev–Trinajstić information content (AvgIpc) is 2.83. The first-order valence-electron chi connectivity index (χ1n) is 11.4. The van der Waals surface area contributed by atoms with E-state index in [0.29, 0.717) is 28.8 Å². The molecule has 1 saturated heterocycles. The van der Waals surface area contributed by atoms with Crippen LogP contribution in [-0.2, 0) is 4.79 Å². The van der Waals surface area contributed by atoms with Gasteiger partial charge in [-0.2, -0.15) is 4.98 Å². The quantitative estimate of drug-likeness (QED) is 0.479. The lowest BCUT2D eigenvalue weighted by Crippen LogP contribution is -2.42. The molecular weight excluding hydrogens is 515 g/mol. The van der Waals surface area contributed by atoms with E-state index in [1.807, 2.05) is 0 Å². The predicted octanol–water partition coefficient (Wildman–Crippen LogP) is 3.83. The molecule has 2 aromatic heterocycles. The van der Waals surface area contributed by atoms with Gasteiger partial charge >= 0.3 is 6.36 Å². The monoisotopic (exact) mass is 539 g/mol. The van der Waals surface area contributed by atoms with E-state index in [9.17, 15) is 18.0 Å². The molecule has 3 heterocycles. The van der Waals surface area contributed by atoms with E-state index in [1.54, 1.807) is 6.92 Å². The van der Waals surface area contributed by atoms with Crippen molar-refractivity contribution in [3.05, 3.63) is 35.1 Å². The summed E-state index contributed by atoms with van der Waals surface area (Å²) in [5.74, 6) is -0.279. The van der Waals surface area contributed by atoms with Gasteiger partial charge < -0.3 is 24.6 Å². The van der Waals surface area contributed by atoms with Gasteiger partial charge in [0.15, 0.2) is 18.1 Å². The second kappa shape index (κ2) is 10.9.